The van der Waals surface area contributed by atoms with Gasteiger partial charge < -0.3 is 19.4 Å². The summed E-state index contributed by atoms with van der Waals surface area (Å²) in [6.07, 6.45) is 1.78. The van der Waals surface area contributed by atoms with Crippen LogP contribution in [0.4, 0.5) is 0 Å². The Morgan fingerprint density at radius 1 is 1.11 bits per heavy atom. The Morgan fingerprint density at radius 3 is 2.37 bits per heavy atom. The monoisotopic (exact) mass is 259 g/mol. The number of aromatic amines is 1. The van der Waals surface area contributed by atoms with Crippen LogP contribution < -0.4 is 5.46 Å². The fourth-order valence-electron chi connectivity index (χ4n) is 2.25. The highest BCUT2D eigenvalue weighted by atomic mass is 16.7. The minimum absolute atomic E-state index is 0.174. The summed E-state index contributed by atoms with van der Waals surface area (Å²) in [5, 5.41) is 11.5. The predicted octanol–water partition coefficient (Wildman–Crippen LogP) is 2.17. The number of fused-ring (bicyclic) bond motifs is 1. The first-order valence-electron chi connectivity index (χ1n) is 6.46. The average molecular weight is 259 g/mol. The van der Waals surface area contributed by atoms with Gasteiger partial charge in [-0.15, -0.1) is 0 Å². The van der Waals surface area contributed by atoms with Crippen molar-refractivity contribution in [3.63, 3.8) is 0 Å². The van der Waals surface area contributed by atoms with Crippen LogP contribution in [0.3, 0.4) is 0 Å². The highest BCUT2D eigenvalue weighted by molar-refractivity contribution is 6.62. The van der Waals surface area contributed by atoms with Gasteiger partial charge in [-0.25, -0.2) is 0 Å². The molecule has 1 aromatic heterocycles. The van der Waals surface area contributed by atoms with Gasteiger partial charge in [0.2, 0.25) is 0 Å². The predicted molar refractivity (Wildman–Crippen MR) is 75.7 cm³/mol. The van der Waals surface area contributed by atoms with Gasteiger partial charge >= 0.3 is 7.12 Å². The molecule has 1 fully saturated rings. The minimum atomic E-state index is -0.399. The van der Waals surface area contributed by atoms with Gasteiger partial charge in [0.05, 0.1) is 11.2 Å². The van der Waals surface area contributed by atoms with E-state index in [-0.39, 0.29) is 17.1 Å². The highest BCUT2D eigenvalue weighted by Gasteiger charge is 2.51. The van der Waals surface area contributed by atoms with Crippen molar-refractivity contribution in [2.75, 3.05) is 0 Å². The van der Waals surface area contributed by atoms with Crippen molar-refractivity contribution in [3.05, 3.63) is 24.4 Å². The Morgan fingerprint density at radius 2 is 1.74 bits per heavy atom. The van der Waals surface area contributed by atoms with E-state index in [0.717, 1.165) is 16.2 Å². The third-order valence-electron chi connectivity index (χ3n) is 4.22. The van der Waals surface area contributed by atoms with E-state index in [0.29, 0.717) is 0 Å². The topological polar surface area (TPSA) is 54.5 Å². The second-order valence-electron chi connectivity index (χ2n) is 6.07. The van der Waals surface area contributed by atoms with E-state index in [2.05, 4.69) is 4.98 Å². The lowest BCUT2D eigenvalue weighted by Crippen LogP contribution is -2.41. The molecule has 5 heteroatoms. The van der Waals surface area contributed by atoms with Crippen molar-refractivity contribution in [1.82, 2.24) is 4.98 Å². The zero-order valence-electron chi connectivity index (χ0n) is 11.7. The Bertz CT molecular complexity index is 617. The molecule has 1 saturated heterocycles. The van der Waals surface area contributed by atoms with Crippen LogP contribution in [0.15, 0.2) is 24.4 Å². The number of benzene rings is 1. The molecule has 2 heterocycles. The maximum Gasteiger partial charge on any atom is 0.494 e. The molecule has 1 aliphatic rings. The number of aromatic nitrogens is 1. The van der Waals surface area contributed by atoms with Gasteiger partial charge in [0.15, 0.2) is 5.88 Å². The third-order valence-corrected chi connectivity index (χ3v) is 4.22. The van der Waals surface area contributed by atoms with Gasteiger partial charge in [-0.2, -0.15) is 0 Å². The molecule has 0 saturated carbocycles. The van der Waals surface area contributed by atoms with Gasteiger partial charge in [-0.05, 0) is 39.2 Å². The van der Waals surface area contributed by atoms with Crippen molar-refractivity contribution in [3.8, 4) is 5.88 Å². The van der Waals surface area contributed by atoms with Crippen molar-refractivity contribution in [2.24, 2.45) is 0 Å². The second kappa shape index (κ2) is 3.77. The van der Waals surface area contributed by atoms with E-state index in [1.165, 1.54) is 0 Å². The van der Waals surface area contributed by atoms with E-state index in [1.807, 2.05) is 45.9 Å². The molecule has 4 nitrogen and oxygen atoms in total. The fraction of sp³-hybridized carbons (Fsp3) is 0.429. The first-order valence-corrected chi connectivity index (χ1v) is 6.46. The Hall–Kier alpha value is -1.46. The third kappa shape index (κ3) is 1.85. The largest absolute Gasteiger partial charge is 0.494 e. The molecule has 0 aliphatic carbocycles. The van der Waals surface area contributed by atoms with Crippen LogP contribution in [0.25, 0.3) is 10.8 Å². The van der Waals surface area contributed by atoms with Gasteiger partial charge in [0, 0.05) is 17.0 Å². The van der Waals surface area contributed by atoms with Crippen LogP contribution >= 0.6 is 0 Å². The summed E-state index contributed by atoms with van der Waals surface area (Å²) in [6, 6.07) is 5.83. The lowest BCUT2D eigenvalue weighted by atomic mass is 9.78. The molecule has 19 heavy (non-hydrogen) atoms. The van der Waals surface area contributed by atoms with Crippen molar-refractivity contribution >= 4 is 23.4 Å². The number of hydrogen-bond acceptors (Lipinski definition) is 3. The number of H-pyrrole nitrogens is 1. The van der Waals surface area contributed by atoms with E-state index in [4.69, 9.17) is 9.31 Å². The zero-order valence-corrected chi connectivity index (χ0v) is 11.7. The van der Waals surface area contributed by atoms with E-state index in [1.54, 1.807) is 6.20 Å². The van der Waals surface area contributed by atoms with Crippen LogP contribution in [0.2, 0.25) is 0 Å². The SMILES string of the molecule is CC1(C)OB(c2ccc3c[nH]c(O)c3c2)OC1(C)C. The molecule has 2 aromatic rings. The zero-order chi connectivity index (χ0) is 13.8. The Labute approximate surface area is 112 Å². The highest BCUT2D eigenvalue weighted by Crippen LogP contribution is 2.36. The average Bonchev–Trinajstić information content (AvgIpc) is 2.78. The Balaban J connectivity index is 2.00. The summed E-state index contributed by atoms with van der Waals surface area (Å²) in [6.45, 7) is 8.11. The normalized spacial score (nSPS) is 21.2. The van der Waals surface area contributed by atoms with Gasteiger partial charge in [-0.3, -0.25) is 0 Å². The molecule has 0 bridgehead atoms. The van der Waals surface area contributed by atoms with Crippen LogP contribution in [0.5, 0.6) is 5.88 Å². The van der Waals surface area contributed by atoms with E-state index >= 15 is 0 Å². The lowest BCUT2D eigenvalue weighted by Gasteiger charge is -2.32. The first kappa shape index (κ1) is 12.6. The molecule has 0 spiro atoms. The molecule has 2 N–H and O–H groups in total. The summed E-state index contributed by atoms with van der Waals surface area (Å²) in [5.74, 6) is 0.174. The fourth-order valence-corrected chi connectivity index (χ4v) is 2.25. The molecule has 1 aliphatic heterocycles. The summed E-state index contributed by atoms with van der Waals surface area (Å²) in [7, 11) is -0.399. The molecular formula is C14H18BNO3. The molecule has 3 rings (SSSR count). The quantitative estimate of drug-likeness (QED) is 0.772. The molecule has 0 amide bonds. The number of nitrogens with one attached hydrogen (secondary N) is 1. The number of hydrogen-bond donors (Lipinski definition) is 2. The smallest absolute Gasteiger partial charge is 0.494 e. The maximum absolute atomic E-state index is 9.75. The summed E-state index contributed by atoms with van der Waals surface area (Å²) in [5.41, 5.74) is 0.209. The standard InChI is InChI=1S/C14H18BNO3/c1-13(2)14(3,4)19-15(18-13)10-6-5-9-8-16-12(17)11(9)7-10/h5-8,16-17H,1-4H3. The van der Waals surface area contributed by atoms with E-state index < -0.39 is 7.12 Å². The van der Waals surface area contributed by atoms with Crippen LogP contribution in [-0.4, -0.2) is 28.4 Å². The minimum Gasteiger partial charge on any atom is -0.494 e. The van der Waals surface area contributed by atoms with Gasteiger partial charge in [0.1, 0.15) is 0 Å². The van der Waals surface area contributed by atoms with Crippen LogP contribution in [0.1, 0.15) is 27.7 Å². The summed E-state index contributed by atoms with van der Waals surface area (Å²) >= 11 is 0. The number of aromatic hydroxyl groups is 1. The molecule has 0 radical (unpaired) electrons. The lowest BCUT2D eigenvalue weighted by molar-refractivity contribution is 0.00578. The van der Waals surface area contributed by atoms with Gasteiger partial charge in [-0.1, -0.05) is 12.1 Å². The maximum atomic E-state index is 9.75. The number of rotatable bonds is 1. The first-order chi connectivity index (χ1) is 8.80. The van der Waals surface area contributed by atoms with Crippen molar-refractivity contribution in [1.29, 1.82) is 0 Å². The molecular weight excluding hydrogens is 241 g/mol. The van der Waals surface area contributed by atoms with Gasteiger partial charge in [0.25, 0.3) is 0 Å². The summed E-state index contributed by atoms with van der Waals surface area (Å²) < 4.78 is 12.0. The van der Waals surface area contributed by atoms with Crippen molar-refractivity contribution in [2.45, 2.75) is 38.9 Å². The van der Waals surface area contributed by atoms with Crippen LogP contribution in [-0.2, 0) is 9.31 Å². The molecule has 0 unspecified atom stereocenters. The van der Waals surface area contributed by atoms with Crippen LogP contribution in [0, 0.1) is 0 Å². The molecule has 0 atom stereocenters. The molecule has 100 valence electrons. The summed E-state index contributed by atoms with van der Waals surface area (Å²) in [4.78, 5) is 2.80. The Kier molecular flexibility index (Phi) is 2.50. The van der Waals surface area contributed by atoms with Crippen molar-refractivity contribution < 1.29 is 14.4 Å². The molecule has 1 aromatic carbocycles. The second-order valence-corrected chi connectivity index (χ2v) is 6.07. The van der Waals surface area contributed by atoms with E-state index in [9.17, 15) is 5.11 Å².